The molecule has 1 heterocycles. The summed E-state index contributed by atoms with van der Waals surface area (Å²) in [5, 5.41) is 3.21. The van der Waals surface area contributed by atoms with E-state index in [1.165, 1.54) is 23.9 Å². The van der Waals surface area contributed by atoms with Crippen LogP contribution >= 0.6 is 11.8 Å². The highest BCUT2D eigenvalue weighted by atomic mass is 32.2. The standard InChI is InChI=1S/C20H20FN3O3S/c1-2-27-19(26)11-22-18(25)13-28-20-23-16-5-3-4-6-17(16)24(20)12-14-7-9-15(21)10-8-14/h3-10H,2,11-13H2,1H3,(H,22,25). The van der Waals surface area contributed by atoms with Gasteiger partial charge in [-0.15, -0.1) is 0 Å². The zero-order chi connectivity index (χ0) is 19.9. The predicted molar refractivity (Wildman–Crippen MR) is 106 cm³/mol. The van der Waals surface area contributed by atoms with Crippen LogP contribution in [0.4, 0.5) is 4.39 Å². The van der Waals surface area contributed by atoms with E-state index in [9.17, 15) is 14.0 Å². The number of hydrogen-bond acceptors (Lipinski definition) is 5. The number of ether oxygens (including phenoxy) is 1. The first-order valence-corrected chi connectivity index (χ1v) is 9.80. The largest absolute Gasteiger partial charge is 0.465 e. The zero-order valence-corrected chi connectivity index (χ0v) is 16.2. The summed E-state index contributed by atoms with van der Waals surface area (Å²) < 4.78 is 20.0. The summed E-state index contributed by atoms with van der Waals surface area (Å²) in [4.78, 5) is 28.0. The molecule has 0 radical (unpaired) electrons. The number of amides is 1. The molecule has 1 N–H and O–H groups in total. The highest BCUT2D eigenvalue weighted by Gasteiger charge is 2.14. The highest BCUT2D eigenvalue weighted by molar-refractivity contribution is 7.99. The molecule has 3 aromatic rings. The van der Waals surface area contributed by atoms with Crippen LogP contribution in [0.3, 0.4) is 0 Å². The Morgan fingerprint density at radius 2 is 1.93 bits per heavy atom. The van der Waals surface area contributed by atoms with Crippen LogP contribution < -0.4 is 5.32 Å². The topological polar surface area (TPSA) is 73.2 Å². The fourth-order valence-corrected chi connectivity index (χ4v) is 3.50. The Kier molecular flexibility index (Phi) is 6.65. The number of para-hydroxylation sites is 2. The quantitative estimate of drug-likeness (QED) is 0.464. The van der Waals surface area contributed by atoms with Crippen LogP contribution in [-0.4, -0.2) is 40.3 Å². The van der Waals surface area contributed by atoms with E-state index in [0.717, 1.165) is 16.6 Å². The normalized spacial score (nSPS) is 10.8. The molecule has 8 heteroatoms. The van der Waals surface area contributed by atoms with Crippen molar-refractivity contribution >= 4 is 34.7 Å². The van der Waals surface area contributed by atoms with Gasteiger partial charge in [0.1, 0.15) is 12.4 Å². The summed E-state index contributed by atoms with van der Waals surface area (Å²) in [6, 6.07) is 14.0. The van der Waals surface area contributed by atoms with Crippen molar-refractivity contribution < 1.29 is 18.7 Å². The number of imidazole rings is 1. The first kappa shape index (κ1) is 19.9. The van der Waals surface area contributed by atoms with Crippen LogP contribution in [0.25, 0.3) is 11.0 Å². The predicted octanol–water partition coefficient (Wildman–Crippen LogP) is 3.00. The second-order valence-corrected chi connectivity index (χ2v) is 6.91. The van der Waals surface area contributed by atoms with Gasteiger partial charge in [-0.25, -0.2) is 9.37 Å². The summed E-state index contributed by atoms with van der Waals surface area (Å²) in [6.45, 7) is 2.34. The molecule has 0 saturated carbocycles. The second kappa shape index (κ2) is 9.36. The lowest BCUT2D eigenvalue weighted by atomic mass is 10.2. The molecule has 0 bridgehead atoms. The molecule has 0 aliphatic rings. The highest BCUT2D eigenvalue weighted by Crippen LogP contribution is 2.25. The number of carbonyl (C=O) groups excluding carboxylic acids is 2. The maximum Gasteiger partial charge on any atom is 0.325 e. The number of aromatic nitrogens is 2. The molecule has 0 unspecified atom stereocenters. The van der Waals surface area contributed by atoms with Crippen molar-refractivity contribution in [3.8, 4) is 0 Å². The number of carbonyl (C=O) groups is 2. The van der Waals surface area contributed by atoms with Gasteiger partial charge >= 0.3 is 5.97 Å². The van der Waals surface area contributed by atoms with Gasteiger partial charge < -0.3 is 14.6 Å². The molecule has 0 atom stereocenters. The van der Waals surface area contributed by atoms with E-state index in [-0.39, 0.29) is 30.6 Å². The molecule has 6 nitrogen and oxygen atoms in total. The van der Waals surface area contributed by atoms with Crippen molar-refractivity contribution in [2.45, 2.75) is 18.6 Å². The van der Waals surface area contributed by atoms with E-state index in [0.29, 0.717) is 11.7 Å². The molecule has 1 amide bonds. The molecule has 0 aliphatic heterocycles. The minimum Gasteiger partial charge on any atom is -0.465 e. The summed E-state index contributed by atoms with van der Waals surface area (Å²) in [6.07, 6.45) is 0. The lowest BCUT2D eigenvalue weighted by Crippen LogP contribution is -2.31. The Hall–Kier alpha value is -2.87. The van der Waals surface area contributed by atoms with Crippen LogP contribution in [0.2, 0.25) is 0 Å². The minimum atomic E-state index is -0.468. The van der Waals surface area contributed by atoms with E-state index in [2.05, 4.69) is 10.3 Å². The summed E-state index contributed by atoms with van der Waals surface area (Å²) in [7, 11) is 0. The molecule has 2 aromatic carbocycles. The minimum absolute atomic E-state index is 0.117. The lowest BCUT2D eigenvalue weighted by Gasteiger charge is -2.09. The molecule has 28 heavy (non-hydrogen) atoms. The van der Waals surface area contributed by atoms with Crippen molar-refractivity contribution in [3.05, 3.63) is 59.9 Å². The average Bonchev–Trinajstić information content (AvgIpc) is 3.04. The summed E-state index contributed by atoms with van der Waals surface area (Å²) in [5.74, 6) is -0.915. The third-order valence-corrected chi connectivity index (χ3v) is 4.92. The molecule has 0 aliphatic carbocycles. The monoisotopic (exact) mass is 401 g/mol. The van der Waals surface area contributed by atoms with Gasteiger partial charge in [0, 0.05) is 0 Å². The summed E-state index contributed by atoms with van der Waals surface area (Å²) >= 11 is 1.28. The molecule has 146 valence electrons. The summed E-state index contributed by atoms with van der Waals surface area (Å²) in [5.41, 5.74) is 2.68. The Morgan fingerprint density at radius 3 is 2.68 bits per heavy atom. The van der Waals surface area contributed by atoms with Crippen molar-refractivity contribution in [1.82, 2.24) is 14.9 Å². The molecule has 0 fully saturated rings. The first-order chi connectivity index (χ1) is 13.6. The van der Waals surface area contributed by atoms with E-state index in [4.69, 9.17) is 4.74 Å². The second-order valence-electron chi connectivity index (χ2n) is 5.97. The van der Waals surface area contributed by atoms with Gasteiger partial charge in [-0.2, -0.15) is 0 Å². The lowest BCUT2D eigenvalue weighted by molar-refractivity contribution is -0.143. The van der Waals surface area contributed by atoms with Crippen LogP contribution in [0.1, 0.15) is 12.5 Å². The number of thioether (sulfide) groups is 1. The van der Waals surface area contributed by atoms with Gasteiger partial charge in [-0.3, -0.25) is 9.59 Å². The molecule has 0 spiro atoms. The van der Waals surface area contributed by atoms with Crippen LogP contribution in [0.15, 0.2) is 53.7 Å². The van der Waals surface area contributed by atoms with E-state index in [1.807, 2.05) is 28.8 Å². The van der Waals surface area contributed by atoms with Crippen LogP contribution in [0, 0.1) is 5.82 Å². The molecule has 1 aromatic heterocycles. The Morgan fingerprint density at radius 1 is 1.18 bits per heavy atom. The Labute approximate surface area is 166 Å². The maximum atomic E-state index is 13.2. The Bertz CT molecular complexity index is 972. The van der Waals surface area contributed by atoms with E-state index < -0.39 is 5.97 Å². The SMILES string of the molecule is CCOC(=O)CNC(=O)CSc1nc2ccccc2n1Cc1ccc(F)cc1. The van der Waals surface area contributed by atoms with Crippen LogP contribution in [0.5, 0.6) is 0 Å². The number of esters is 1. The molecule has 0 saturated heterocycles. The zero-order valence-electron chi connectivity index (χ0n) is 15.4. The number of benzene rings is 2. The van der Waals surface area contributed by atoms with Gasteiger partial charge in [0.25, 0.3) is 0 Å². The van der Waals surface area contributed by atoms with Crippen LogP contribution in [-0.2, 0) is 20.9 Å². The molecular weight excluding hydrogens is 381 g/mol. The van der Waals surface area contributed by atoms with E-state index in [1.54, 1.807) is 19.1 Å². The maximum absolute atomic E-state index is 13.2. The molecular formula is C20H20FN3O3S. The smallest absolute Gasteiger partial charge is 0.325 e. The van der Waals surface area contributed by atoms with Gasteiger partial charge in [0.05, 0.1) is 29.9 Å². The van der Waals surface area contributed by atoms with Crippen molar-refractivity contribution in [2.24, 2.45) is 0 Å². The van der Waals surface area contributed by atoms with Crippen molar-refractivity contribution in [2.75, 3.05) is 18.9 Å². The fourth-order valence-electron chi connectivity index (χ4n) is 2.65. The number of hydrogen-bond donors (Lipinski definition) is 1. The number of nitrogens with one attached hydrogen (secondary N) is 1. The number of fused-ring (bicyclic) bond motifs is 1. The van der Waals surface area contributed by atoms with Crippen molar-refractivity contribution in [1.29, 1.82) is 0 Å². The number of nitrogens with zero attached hydrogens (tertiary/aromatic N) is 2. The third kappa shape index (κ3) is 5.10. The molecule has 3 rings (SSSR count). The van der Waals surface area contributed by atoms with Gasteiger partial charge in [0.15, 0.2) is 5.16 Å². The van der Waals surface area contributed by atoms with Gasteiger partial charge in [-0.1, -0.05) is 36.0 Å². The van der Waals surface area contributed by atoms with Gasteiger partial charge in [-0.05, 0) is 36.8 Å². The number of halogens is 1. The van der Waals surface area contributed by atoms with Crippen molar-refractivity contribution in [3.63, 3.8) is 0 Å². The number of rotatable bonds is 8. The average molecular weight is 401 g/mol. The Balaban J connectivity index is 1.72. The fraction of sp³-hybridized carbons (Fsp3) is 0.250. The third-order valence-electron chi connectivity index (χ3n) is 3.94. The van der Waals surface area contributed by atoms with E-state index >= 15 is 0 Å². The van der Waals surface area contributed by atoms with Gasteiger partial charge in [0.2, 0.25) is 5.91 Å². The first-order valence-electron chi connectivity index (χ1n) is 8.81.